The number of aromatic carboxylic acids is 1. The maximum Gasteiger partial charge on any atom is 0.341 e. The number of piperidine rings is 1. The van der Waals surface area contributed by atoms with E-state index in [2.05, 4.69) is 0 Å². The Morgan fingerprint density at radius 2 is 2.14 bits per heavy atom. The van der Waals surface area contributed by atoms with E-state index in [1.54, 1.807) is 4.90 Å². The Bertz CT molecular complexity index is 752. The maximum atomic E-state index is 12.6. The van der Waals surface area contributed by atoms with Crippen molar-refractivity contribution in [3.05, 3.63) is 27.7 Å². The molecule has 4 rings (SSSR count). The van der Waals surface area contributed by atoms with Crippen LogP contribution in [0, 0.1) is 5.92 Å². The fourth-order valence-electron chi connectivity index (χ4n) is 4.19. The van der Waals surface area contributed by atoms with Crippen LogP contribution in [0.1, 0.15) is 40.1 Å². The predicted octanol–water partition coefficient (Wildman–Crippen LogP) is 0.260. The molecule has 1 saturated heterocycles. The van der Waals surface area contributed by atoms with E-state index in [0.717, 1.165) is 19.3 Å². The Morgan fingerprint density at radius 1 is 1.38 bits per heavy atom. The predicted molar refractivity (Wildman–Crippen MR) is 70.4 cm³/mol. The molecule has 2 N–H and O–H groups in total. The van der Waals surface area contributed by atoms with Crippen LogP contribution in [0.25, 0.3) is 0 Å². The van der Waals surface area contributed by atoms with Crippen LogP contribution in [0.15, 0.2) is 11.0 Å². The van der Waals surface area contributed by atoms with E-state index in [-0.39, 0.29) is 17.1 Å². The summed E-state index contributed by atoms with van der Waals surface area (Å²) in [5.41, 5.74) is -1.85. The van der Waals surface area contributed by atoms with Gasteiger partial charge in [0.1, 0.15) is 5.56 Å². The summed E-state index contributed by atoms with van der Waals surface area (Å²) in [5, 5.41) is 19.0. The third-order valence-electron chi connectivity index (χ3n) is 5.10. The van der Waals surface area contributed by atoms with E-state index in [9.17, 15) is 19.5 Å². The van der Waals surface area contributed by atoms with Gasteiger partial charge in [0.2, 0.25) is 5.43 Å². The van der Waals surface area contributed by atoms with Crippen molar-refractivity contribution in [3.63, 3.8) is 0 Å². The molecule has 2 atom stereocenters. The summed E-state index contributed by atoms with van der Waals surface area (Å²) in [5.74, 6) is -2.04. The largest absolute Gasteiger partial charge is 0.503 e. The highest BCUT2D eigenvalue weighted by Gasteiger charge is 2.56. The molecule has 110 valence electrons. The first-order valence-corrected chi connectivity index (χ1v) is 6.95. The second kappa shape index (κ2) is 3.66. The van der Waals surface area contributed by atoms with E-state index < -0.39 is 22.7 Å². The molecule has 1 amide bonds. The number of rotatable bonds is 1. The number of fused-ring (bicyclic) bond motifs is 2. The number of hydrogen-bond donors (Lipinski definition) is 2. The van der Waals surface area contributed by atoms with Gasteiger partial charge in [0.25, 0.3) is 5.91 Å². The Labute approximate surface area is 119 Å². The number of aromatic nitrogens is 1. The first-order chi connectivity index (χ1) is 9.93. The summed E-state index contributed by atoms with van der Waals surface area (Å²) in [4.78, 5) is 37.3. The zero-order valence-electron chi connectivity index (χ0n) is 11.2. The number of hydrogen-bond acceptors (Lipinski definition) is 4. The minimum Gasteiger partial charge on any atom is -0.503 e. The number of nitrogens with zero attached hydrogens (tertiary/aromatic N) is 2. The van der Waals surface area contributed by atoms with Gasteiger partial charge in [-0.1, -0.05) is 0 Å². The molecular formula is C14H14N2O5. The number of carboxylic acid groups (broad SMARTS) is 1. The minimum absolute atomic E-state index is 0.0804. The molecule has 0 radical (unpaired) electrons. The van der Waals surface area contributed by atoms with Gasteiger partial charge in [-0.25, -0.2) is 4.79 Å². The first kappa shape index (κ1) is 12.4. The normalized spacial score (nSPS) is 29.4. The number of carboxylic acids is 1. The van der Waals surface area contributed by atoms with Gasteiger partial charge in [-0.2, -0.15) is 0 Å². The van der Waals surface area contributed by atoms with Crippen molar-refractivity contribution in [2.24, 2.45) is 5.92 Å². The molecule has 2 bridgehead atoms. The fourth-order valence-corrected chi connectivity index (χ4v) is 4.19. The lowest BCUT2D eigenvalue weighted by atomic mass is 9.93. The summed E-state index contributed by atoms with van der Waals surface area (Å²) < 4.78 is 1.45. The van der Waals surface area contributed by atoms with Crippen molar-refractivity contribution in [1.82, 2.24) is 9.47 Å². The Kier molecular flexibility index (Phi) is 2.17. The molecule has 2 aliphatic heterocycles. The smallest absolute Gasteiger partial charge is 0.341 e. The van der Waals surface area contributed by atoms with Crippen LogP contribution in [0.4, 0.5) is 0 Å². The number of pyridine rings is 1. The van der Waals surface area contributed by atoms with E-state index in [1.165, 1.54) is 10.8 Å². The lowest BCUT2D eigenvalue weighted by molar-refractivity contribution is 0.0395. The summed E-state index contributed by atoms with van der Waals surface area (Å²) >= 11 is 0. The topological polar surface area (TPSA) is 99.8 Å². The highest BCUT2D eigenvalue weighted by molar-refractivity contribution is 5.98. The molecule has 1 aromatic rings. The number of carbonyl (C=O) groups is 2. The van der Waals surface area contributed by atoms with Crippen LogP contribution in [-0.4, -0.2) is 43.6 Å². The zero-order valence-corrected chi connectivity index (χ0v) is 11.2. The molecular weight excluding hydrogens is 276 g/mol. The van der Waals surface area contributed by atoms with Gasteiger partial charge in [0.05, 0.1) is 5.54 Å². The molecule has 3 heterocycles. The van der Waals surface area contributed by atoms with Crippen LogP contribution in [0.2, 0.25) is 0 Å². The van der Waals surface area contributed by atoms with Gasteiger partial charge in [-0.15, -0.1) is 0 Å². The van der Waals surface area contributed by atoms with Crippen molar-refractivity contribution in [2.75, 3.05) is 6.54 Å². The fraction of sp³-hybridized carbons (Fsp3) is 0.500. The molecule has 1 aromatic heterocycles. The van der Waals surface area contributed by atoms with Crippen LogP contribution in [0.5, 0.6) is 5.75 Å². The van der Waals surface area contributed by atoms with Crippen LogP contribution in [-0.2, 0) is 6.54 Å². The van der Waals surface area contributed by atoms with Crippen molar-refractivity contribution >= 4 is 11.9 Å². The van der Waals surface area contributed by atoms with E-state index in [4.69, 9.17) is 5.11 Å². The Morgan fingerprint density at radius 3 is 2.81 bits per heavy atom. The molecule has 21 heavy (non-hydrogen) atoms. The standard InChI is InChI=1S/C14H14N2O5/c17-10-8(13(20)21)5-15-6-14-2-1-7(3-14)4-16(14)12(19)9(15)11(10)18/h5,7,18H,1-4,6H2,(H,20,21)/t7-,14+/m1/s1. The summed E-state index contributed by atoms with van der Waals surface area (Å²) in [7, 11) is 0. The minimum atomic E-state index is -1.39. The van der Waals surface area contributed by atoms with Crippen molar-refractivity contribution in [1.29, 1.82) is 0 Å². The van der Waals surface area contributed by atoms with Gasteiger partial charge in [-0.3, -0.25) is 9.59 Å². The number of carbonyl (C=O) groups excluding carboxylic acids is 1. The maximum absolute atomic E-state index is 12.6. The average molecular weight is 290 g/mol. The second-order valence-electron chi connectivity index (χ2n) is 6.25. The zero-order chi connectivity index (χ0) is 14.9. The third-order valence-corrected chi connectivity index (χ3v) is 5.10. The summed E-state index contributed by atoms with van der Waals surface area (Å²) in [6, 6.07) is 0. The van der Waals surface area contributed by atoms with Crippen LogP contribution >= 0.6 is 0 Å². The summed E-state index contributed by atoms with van der Waals surface area (Å²) in [6.45, 7) is 1.10. The summed E-state index contributed by atoms with van der Waals surface area (Å²) in [6.07, 6.45) is 4.05. The van der Waals surface area contributed by atoms with Crippen molar-refractivity contribution in [2.45, 2.75) is 31.3 Å². The molecule has 3 aliphatic rings. The average Bonchev–Trinajstić information content (AvgIpc) is 2.99. The lowest BCUT2D eigenvalue weighted by Gasteiger charge is -2.44. The highest BCUT2D eigenvalue weighted by Crippen LogP contribution is 2.50. The Balaban J connectivity index is 1.94. The monoisotopic (exact) mass is 290 g/mol. The van der Waals surface area contributed by atoms with Gasteiger partial charge in [0.15, 0.2) is 11.4 Å². The van der Waals surface area contributed by atoms with Gasteiger partial charge in [0, 0.05) is 19.3 Å². The molecule has 0 aromatic carbocycles. The lowest BCUT2D eigenvalue weighted by Crippen LogP contribution is -2.55. The van der Waals surface area contributed by atoms with Gasteiger partial charge in [-0.05, 0) is 25.2 Å². The van der Waals surface area contributed by atoms with Crippen molar-refractivity contribution in [3.8, 4) is 5.75 Å². The SMILES string of the molecule is O=C(O)c1cn2c(c(O)c1=O)C(=O)N1C[C@@H]3CC[C@]1(C3)C2. The third kappa shape index (κ3) is 1.40. The van der Waals surface area contributed by atoms with Gasteiger partial charge < -0.3 is 19.7 Å². The number of amides is 1. The second-order valence-corrected chi connectivity index (χ2v) is 6.25. The molecule has 0 unspecified atom stereocenters. The van der Waals surface area contributed by atoms with Crippen LogP contribution < -0.4 is 5.43 Å². The quantitative estimate of drug-likeness (QED) is 0.773. The molecule has 2 fully saturated rings. The molecule has 7 nitrogen and oxygen atoms in total. The highest BCUT2D eigenvalue weighted by atomic mass is 16.4. The molecule has 1 spiro atoms. The van der Waals surface area contributed by atoms with Crippen molar-refractivity contribution < 1.29 is 19.8 Å². The first-order valence-electron chi connectivity index (χ1n) is 6.95. The van der Waals surface area contributed by atoms with E-state index in [0.29, 0.717) is 19.0 Å². The molecule has 7 heteroatoms. The molecule has 1 aliphatic carbocycles. The van der Waals surface area contributed by atoms with Crippen LogP contribution in [0.3, 0.4) is 0 Å². The van der Waals surface area contributed by atoms with E-state index >= 15 is 0 Å². The van der Waals surface area contributed by atoms with E-state index in [1.807, 2.05) is 0 Å². The molecule has 1 saturated carbocycles. The van der Waals surface area contributed by atoms with Gasteiger partial charge >= 0.3 is 5.97 Å². The number of aromatic hydroxyl groups is 1. The Hall–Kier alpha value is -2.31.